The van der Waals surface area contributed by atoms with Gasteiger partial charge >= 0.3 is 0 Å². The third-order valence-electron chi connectivity index (χ3n) is 1.78. The van der Waals surface area contributed by atoms with Gasteiger partial charge in [-0.25, -0.2) is 4.68 Å². The monoisotopic (exact) mass is 139 g/mol. The normalized spacial score (nSPS) is 24.3. The lowest BCUT2D eigenvalue weighted by molar-refractivity contribution is 0.368. The number of nitrogens with two attached hydrogens (primary N) is 1. The van der Waals surface area contributed by atoms with Gasteiger partial charge in [-0.2, -0.15) is 0 Å². The van der Waals surface area contributed by atoms with Crippen LogP contribution in [-0.4, -0.2) is 20.2 Å². The Hall–Kier alpha value is -0.970. The van der Waals surface area contributed by atoms with E-state index in [4.69, 9.17) is 5.73 Å². The fraction of sp³-hybridized carbons (Fsp3) is 0.800. The van der Waals surface area contributed by atoms with E-state index in [1.165, 1.54) is 0 Å². The SMILES string of the molecule is NC1CCCc2nnnn21. The minimum absolute atomic E-state index is 0.00116. The number of aryl methyl sites for hydroxylation is 1. The molecule has 0 aliphatic carbocycles. The summed E-state index contributed by atoms with van der Waals surface area (Å²) in [6, 6.07) is 0. The number of aromatic nitrogens is 4. The van der Waals surface area contributed by atoms with Gasteiger partial charge in [0, 0.05) is 6.42 Å². The van der Waals surface area contributed by atoms with Gasteiger partial charge < -0.3 is 5.73 Å². The second kappa shape index (κ2) is 2.02. The first-order chi connectivity index (χ1) is 4.88. The molecule has 1 aromatic heterocycles. The molecule has 10 heavy (non-hydrogen) atoms. The Morgan fingerprint density at radius 2 is 2.50 bits per heavy atom. The van der Waals surface area contributed by atoms with Crippen molar-refractivity contribution in [2.75, 3.05) is 0 Å². The van der Waals surface area contributed by atoms with Crippen LogP contribution in [0, 0.1) is 0 Å². The molecule has 1 aliphatic rings. The maximum Gasteiger partial charge on any atom is 0.153 e. The molecule has 0 saturated carbocycles. The number of hydrogen-bond acceptors (Lipinski definition) is 4. The molecule has 0 aromatic carbocycles. The van der Waals surface area contributed by atoms with E-state index in [0.717, 1.165) is 25.1 Å². The van der Waals surface area contributed by atoms with Crippen LogP contribution in [-0.2, 0) is 6.42 Å². The van der Waals surface area contributed by atoms with Gasteiger partial charge in [0.1, 0.15) is 6.17 Å². The first-order valence-electron chi connectivity index (χ1n) is 3.40. The Balaban J connectivity index is 2.41. The van der Waals surface area contributed by atoms with Gasteiger partial charge in [0.2, 0.25) is 0 Å². The average molecular weight is 139 g/mol. The molecule has 2 rings (SSSR count). The standard InChI is InChI=1S/C5H9N5/c6-4-2-1-3-5-7-8-9-10(4)5/h4H,1-3,6H2. The molecule has 5 heteroatoms. The molecule has 1 atom stereocenters. The molecule has 1 aliphatic heterocycles. The zero-order chi connectivity index (χ0) is 6.97. The van der Waals surface area contributed by atoms with Crippen LogP contribution in [0.4, 0.5) is 0 Å². The van der Waals surface area contributed by atoms with Gasteiger partial charge in [-0.1, -0.05) is 0 Å². The highest BCUT2D eigenvalue weighted by Crippen LogP contribution is 2.15. The predicted molar refractivity (Wildman–Crippen MR) is 34.0 cm³/mol. The molecule has 0 saturated heterocycles. The second-order valence-corrected chi connectivity index (χ2v) is 2.50. The van der Waals surface area contributed by atoms with Crippen molar-refractivity contribution in [3.05, 3.63) is 5.82 Å². The Labute approximate surface area is 58.2 Å². The van der Waals surface area contributed by atoms with Gasteiger partial charge in [0.15, 0.2) is 5.82 Å². The number of tetrazole rings is 1. The Bertz CT molecular complexity index is 230. The first kappa shape index (κ1) is 5.79. The van der Waals surface area contributed by atoms with E-state index in [1.54, 1.807) is 4.68 Å². The molecule has 54 valence electrons. The van der Waals surface area contributed by atoms with E-state index in [-0.39, 0.29) is 6.17 Å². The molecule has 1 aromatic rings. The molecule has 2 N–H and O–H groups in total. The Morgan fingerprint density at radius 1 is 1.60 bits per heavy atom. The highest BCUT2D eigenvalue weighted by atomic mass is 15.6. The Morgan fingerprint density at radius 3 is 3.30 bits per heavy atom. The van der Waals surface area contributed by atoms with Crippen molar-refractivity contribution in [3.8, 4) is 0 Å². The third-order valence-corrected chi connectivity index (χ3v) is 1.78. The molecule has 0 bridgehead atoms. The fourth-order valence-corrected chi connectivity index (χ4v) is 1.23. The van der Waals surface area contributed by atoms with Crippen LogP contribution < -0.4 is 5.73 Å². The summed E-state index contributed by atoms with van der Waals surface area (Å²) < 4.78 is 1.70. The van der Waals surface area contributed by atoms with E-state index in [2.05, 4.69) is 15.5 Å². The lowest BCUT2D eigenvalue weighted by Crippen LogP contribution is -2.25. The van der Waals surface area contributed by atoms with Crippen LogP contribution >= 0.6 is 0 Å². The van der Waals surface area contributed by atoms with Crippen molar-refractivity contribution >= 4 is 0 Å². The summed E-state index contributed by atoms with van der Waals surface area (Å²) in [6.07, 6.45) is 3.04. The molecule has 5 nitrogen and oxygen atoms in total. The van der Waals surface area contributed by atoms with E-state index < -0.39 is 0 Å². The number of nitrogens with zero attached hydrogens (tertiary/aromatic N) is 4. The molecule has 0 fully saturated rings. The topological polar surface area (TPSA) is 69.6 Å². The van der Waals surface area contributed by atoms with Crippen molar-refractivity contribution in [2.45, 2.75) is 25.4 Å². The zero-order valence-electron chi connectivity index (χ0n) is 5.56. The Kier molecular flexibility index (Phi) is 1.17. The smallest absolute Gasteiger partial charge is 0.153 e. The predicted octanol–water partition coefficient (Wildman–Crippen LogP) is -0.533. The second-order valence-electron chi connectivity index (χ2n) is 2.50. The first-order valence-corrected chi connectivity index (χ1v) is 3.40. The van der Waals surface area contributed by atoms with Gasteiger partial charge in [0.25, 0.3) is 0 Å². The van der Waals surface area contributed by atoms with Crippen LogP contribution in [0.1, 0.15) is 24.8 Å². The average Bonchev–Trinajstić information content (AvgIpc) is 2.36. The zero-order valence-corrected chi connectivity index (χ0v) is 5.56. The van der Waals surface area contributed by atoms with Crippen LogP contribution in [0.25, 0.3) is 0 Å². The molecule has 0 radical (unpaired) electrons. The molecular weight excluding hydrogens is 130 g/mol. The summed E-state index contributed by atoms with van der Waals surface area (Å²) in [5.41, 5.74) is 5.71. The summed E-state index contributed by atoms with van der Waals surface area (Å²) in [5.74, 6) is 0.916. The molecule has 2 heterocycles. The minimum atomic E-state index is -0.00116. The van der Waals surface area contributed by atoms with Crippen LogP contribution in [0.3, 0.4) is 0 Å². The van der Waals surface area contributed by atoms with E-state index >= 15 is 0 Å². The maximum atomic E-state index is 5.71. The van der Waals surface area contributed by atoms with Crippen LogP contribution in [0.2, 0.25) is 0 Å². The number of hydrogen-bond donors (Lipinski definition) is 1. The third kappa shape index (κ3) is 0.706. The van der Waals surface area contributed by atoms with Gasteiger partial charge in [-0.3, -0.25) is 0 Å². The summed E-state index contributed by atoms with van der Waals surface area (Å²) >= 11 is 0. The molecule has 0 spiro atoms. The summed E-state index contributed by atoms with van der Waals surface area (Å²) in [5, 5.41) is 11.1. The highest BCUT2D eigenvalue weighted by Gasteiger charge is 2.17. The van der Waals surface area contributed by atoms with Crippen LogP contribution in [0.15, 0.2) is 0 Å². The van der Waals surface area contributed by atoms with Crippen molar-refractivity contribution in [1.82, 2.24) is 20.2 Å². The molecule has 0 amide bonds. The lowest BCUT2D eigenvalue weighted by atomic mass is 10.1. The minimum Gasteiger partial charge on any atom is -0.310 e. The fourth-order valence-electron chi connectivity index (χ4n) is 1.23. The van der Waals surface area contributed by atoms with Gasteiger partial charge in [0.05, 0.1) is 0 Å². The van der Waals surface area contributed by atoms with Crippen molar-refractivity contribution in [2.24, 2.45) is 5.73 Å². The van der Waals surface area contributed by atoms with Crippen molar-refractivity contribution in [1.29, 1.82) is 0 Å². The van der Waals surface area contributed by atoms with Gasteiger partial charge in [-0.05, 0) is 23.3 Å². The molecule has 1 unspecified atom stereocenters. The summed E-state index contributed by atoms with van der Waals surface area (Å²) in [4.78, 5) is 0. The van der Waals surface area contributed by atoms with Crippen LogP contribution in [0.5, 0.6) is 0 Å². The summed E-state index contributed by atoms with van der Waals surface area (Å²) in [7, 11) is 0. The largest absolute Gasteiger partial charge is 0.310 e. The highest BCUT2D eigenvalue weighted by molar-refractivity contribution is 4.87. The van der Waals surface area contributed by atoms with E-state index in [9.17, 15) is 0 Å². The van der Waals surface area contributed by atoms with E-state index in [0.29, 0.717) is 0 Å². The lowest BCUT2D eigenvalue weighted by Gasteiger charge is -2.17. The van der Waals surface area contributed by atoms with Gasteiger partial charge in [-0.15, -0.1) is 5.10 Å². The molecular formula is C5H9N5. The quantitative estimate of drug-likeness (QED) is 0.524. The van der Waals surface area contributed by atoms with E-state index in [1.807, 2.05) is 0 Å². The summed E-state index contributed by atoms with van der Waals surface area (Å²) in [6.45, 7) is 0. The number of fused-ring (bicyclic) bond motifs is 1. The van der Waals surface area contributed by atoms with Crippen molar-refractivity contribution in [3.63, 3.8) is 0 Å². The number of rotatable bonds is 0. The van der Waals surface area contributed by atoms with Crippen molar-refractivity contribution < 1.29 is 0 Å². The maximum absolute atomic E-state index is 5.71.